The van der Waals surface area contributed by atoms with Crippen molar-refractivity contribution in [2.24, 2.45) is 0 Å². The van der Waals surface area contributed by atoms with Crippen LogP contribution < -0.4 is 4.90 Å². The van der Waals surface area contributed by atoms with Crippen LogP contribution in [-0.2, 0) is 6.54 Å². The Morgan fingerprint density at radius 2 is 1.88 bits per heavy atom. The Morgan fingerprint density at radius 1 is 1.00 bits per heavy atom. The summed E-state index contributed by atoms with van der Waals surface area (Å²) in [5, 5.41) is 1.83. The zero-order chi connectivity index (χ0) is 17.8. The Bertz CT molecular complexity index is 846. The van der Waals surface area contributed by atoms with Crippen LogP contribution in [0.5, 0.6) is 0 Å². The van der Waals surface area contributed by atoms with Crippen molar-refractivity contribution >= 4 is 17.6 Å². The van der Waals surface area contributed by atoms with E-state index in [9.17, 15) is 0 Å². The Balaban J connectivity index is 1.31. The standard InChI is InChI=1S/C19H21N5OS/c1-15-20-9-7-17(22-15)24-12-10-23(11-13-24)14-16-5-6-19(25-16)26-18-4-2-3-8-21-18/h2-9H,10-14H2,1H3. The molecule has 0 amide bonds. The predicted octanol–water partition coefficient (Wildman–Crippen LogP) is 3.25. The van der Waals surface area contributed by atoms with Crippen LogP contribution in [0.25, 0.3) is 0 Å². The molecule has 0 atom stereocenters. The summed E-state index contributed by atoms with van der Waals surface area (Å²) in [6.07, 6.45) is 3.62. The molecule has 6 nitrogen and oxygen atoms in total. The molecule has 7 heteroatoms. The van der Waals surface area contributed by atoms with Gasteiger partial charge in [-0.2, -0.15) is 0 Å². The summed E-state index contributed by atoms with van der Waals surface area (Å²) in [6.45, 7) is 6.68. The molecule has 1 fully saturated rings. The third-order valence-electron chi connectivity index (χ3n) is 4.32. The first-order valence-corrected chi connectivity index (χ1v) is 9.52. The highest BCUT2D eigenvalue weighted by atomic mass is 32.2. The van der Waals surface area contributed by atoms with Crippen LogP contribution in [-0.4, -0.2) is 46.0 Å². The van der Waals surface area contributed by atoms with E-state index in [-0.39, 0.29) is 0 Å². The van der Waals surface area contributed by atoms with E-state index in [4.69, 9.17) is 4.42 Å². The minimum atomic E-state index is 0.818. The largest absolute Gasteiger partial charge is 0.453 e. The summed E-state index contributed by atoms with van der Waals surface area (Å²) in [5.74, 6) is 2.83. The Labute approximate surface area is 157 Å². The van der Waals surface area contributed by atoms with Crippen molar-refractivity contribution in [3.8, 4) is 0 Å². The highest BCUT2D eigenvalue weighted by molar-refractivity contribution is 7.99. The number of nitrogens with zero attached hydrogens (tertiary/aromatic N) is 5. The van der Waals surface area contributed by atoms with Gasteiger partial charge in [0.15, 0.2) is 5.09 Å². The molecule has 1 aliphatic rings. The van der Waals surface area contributed by atoms with Gasteiger partial charge < -0.3 is 9.32 Å². The van der Waals surface area contributed by atoms with E-state index in [1.54, 1.807) is 18.0 Å². The molecular weight excluding hydrogens is 346 g/mol. The normalized spacial score (nSPS) is 15.3. The minimum absolute atomic E-state index is 0.818. The highest BCUT2D eigenvalue weighted by Crippen LogP contribution is 2.28. The van der Waals surface area contributed by atoms with Gasteiger partial charge in [0.25, 0.3) is 0 Å². The Morgan fingerprint density at radius 3 is 2.65 bits per heavy atom. The van der Waals surface area contributed by atoms with Gasteiger partial charge in [-0.05, 0) is 49.0 Å². The van der Waals surface area contributed by atoms with Gasteiger partial charge in [-0.1, -0.05) is 6.07 Å². The summed E-state index contributed by atoms with van der Waals surface area (Å²) in [7, 11) is 0. The molecule has 0 unspecified atom stereocenters. The summed E-state index contributed by atoms with van der Waals surface area (Å²) < 4.78 is 5.96. The monoisotopic (exact) mass is 367 g/mol. The number of furan rings is 1. The molecule has 4 rings (SSSR count). The minimum Gasteiger partial charge on any atom is -0.453 e. The molecule has 0 aliphatic carbocycles. The van der Waals surface area contributed by atoms with E-state index in [0.717, 1.165) is 60.2 Å². The SMILES string of the molecule is Cc1nccc(N2CCN(Cc3ccc(Sc4ccccn4)o3)CC2)n1. The van der Waals surface area contributed by atoms with Crippen molar-refractivity contribution < 1.29 is 4.42 Å². The Hall–Kier alpha value is -2.38. The van der Waals surface area contributed by atoms with E-state index in [1.165, 1.54) is 0 Å². The second-order valence-electron chi connectivity index (χ2n) is 6.22. The molecule has 4 heterocycles. The lowest BCUT2D eigenvalue weighted by atomic mass is 10.3. The second-order valence-corrected chi connectivity index (χ2v) is 7.24. The van der Waals surface area contributed by atoms with Gasteiger partial charge >= 0.3 is 0 Å². The number of rotatable bonds is 5. The third-order valence-corrected chi connectivity index (χ3v) is 5.19. The maximum atomic E-state index is 5.96. The van der Waals surface area contributed by atoms with Gasteiger partial charge in [0, 0.05) is 38.6 Å². The van der Waals surface area contributed by atoms with Crippen molar-refractivity contribution in [3.63, 3.8) is 0 Å². The zero-order valence-electron chi connectivity index (χ0n) is 14.7. The number of hydrogen-bond acceptors (Lipinski definition) is 7. The van der Waals surface area contributed by atoms with Crippen molar-refractivity contribution in [2.75, 3.05) is 31.1 Å². The van der Waals surface area contributed by atoms with E-state index in [0.29, 0.717) is 0 Å². The van der Waals surface area contributed by atoms with Crippen LogP contribution in [0.1, 0.15) is 11.6 Å². The average molecular weight is 367 g/mol. The molecular formula is C19H21N5OS. The van der Waals surface area contributed by atoms with E-state index >= 15 is 0 Å². The lowest BCUT2D eigenvalue weighted by Gasteiger charge is -2.34. The summed E-state index contributed by atoms with van der Waals surface area (Å²) in [4.78, 5) is 17.7. The van der Waals surface area contributed by atoms with Crippen LogP contribution in [0.4, 0.5) is 5.82 Å². The lowest BCUT2D eigenvalue weighted by molar-refractivity contribution is 0.224. The summed E-state index contributed by atoms with van der Waals surface area (Å²) in [6, 6.07) is 12.0. The van der Waals surface area contributed by atoms with Gasteiger partial charge in [-0.15, -0.1) is 0 Å². The molecule has 134 valence electrons. The molecule has 0 bridgehead atoms. The molecule has 0 N–H and O–H groups in total. The Kier molecular flexibility index (Phi) is 5.17. The first kappa shape index (κ1) is 17.1. The fraction of sp³-hybridized carbons (Fsp3) is 0.316. The maximum absolute atomic E-state index is 5.96. The van der Waals surface area contributed by atoms with Gasteiger partial charge in [-0.3, -0.25) is 4.90 Å². The first-order chi connectivity index (χ1) is 12.8. The number of hydrogen-bond donors (Lipinski definition) is 0. The van der Waals surface area contributed by atoms with E-state index in [2.05, 4.69) is 30.8 Å². The molecule has 0 radical (unpaired) electrons. The van der Waals surface area contributed by atoms with Crippen molar-refractivity contribution in [1.29, 1.82) is 0 Å². The highest BCUT2D eigenvalue weighted by Gasteiger charge is 2.19. The van der Waals surface area contributed by atoms with E-state index in [1.807, 2.05) is 43.5 Å². The average Bonchev–Trinajstić information content (AvgIpc) is 3.10. The number of aryl methyl sites for hydroxylation is 1. The number of pyridine rings is 1. The van der Waals surface area contributed by atoms with Gasteiger partial charge in [0.2, 0.25) is 0 Å². The number of anilines is 1. The molecule has 0 spiro atoms. The van der Waals surface area contributed by atoms with Crippen LogP contribution in [0.15, 0.2) is 63.3 Å². The van der Waals surface area contributed by atoms with Gasteiger partial charge in [0.1, 0.15) is 22.4 Å². The molecule has 1 aliphatic heterocycles. The molecule has 1 saturated heterocycles. The first-order valence-electron chi connectivity index (χ1n) is 8.71. The zero-order valence-corrected chi connectivity index (χ0v) is 15.5. The van der Waals surface area contributed by atoms with Crippen molar-refractivity contribution in [1.82, 2.24) is 19.9 Å². The predicted molar refractivity (Wildman–Crippen MR) is 101 cm³/mol. The van der Waals surface area contributed by atoms with Gasteiger partial charge in [0.05, 0.1) is 6.54 Å². The molecule has 26 heavy (non-hydrogen) atoms. The topological polar surface area (TPSA) is 58.3 Å². The summed E-state index contributed by atoms with van der Waals surface area (Å²) in [5.41, 5.74) is 0. The van der Waals surface area contributed by atoms with Crippen LogP contribution in [0, 0.1) is 6.92 Å². The molecule has 0 saturated carbocycles. The third kappa shape index (κ3) is 4.23. The number of aromatic nitrogens is 3. The van der Waals surface area contributed by atoms with Crippen LogP contribution in [0.3, 0.4) is 0 Å². The van der Waals surface area contributed by atoms with Gasteiger partial charge in [-0.25, -0.2) is 15.0 Å². The van der Waals surface area contributed by atoms with Crippen molar-refractivity contribution in [2.45, 2.75) is 23.6 Å². The quantitative estimate of drug-likeness (QED) is 0.686. The van der Waals surface area contributed by atoms with Crippen molar-refractivity contribution in [3.05, 3.63) is 60.4 Å². The van der Waals surface area contributed by atoms with Crippen LogP contribution in [0.2, 0.25) is 0 Å². The fourth-order valence-corrected chi connectivity index (χ4v) is 3.73. The number of piperazine rings is 1. The fourth-order valence-electron chi connectivity index (χ4n) is 2.98. The maximum Gasteiger partial charge on any atom is 0.166 e. The molecule has 3 aromatic rings. The molecule has 3 aromatic heterocycles. The smallest absolute Gasteiger partial charge is 0.166 e. The lowest BCUT2D eigenvalue weighted by Crippen LogP contribution is -2.46. The second kappa shape index (κ2) is 7.88. The van der Waals surface area contributed by atoms with Crippen LogP contribution >= 0.6 is 11.8 Å². The van der Waals surface area contributed by atoms with E-state index < -0.39 is 0 Å². The molecule has 0 aromatic carbocycles. The summed E-state index contributed by atoms with van der Waals surface area (Å²) >= 11 is 1.55.